The molecule has 2 N–H and O–H groups in total. The molecule has 0 aromatic carbocycles. The van der Waals surface area contributed by atoms with Crippen LogP contribution in [-0.4, -0.2) is 15.1 Å². The van der Waals surface area contributed by atoms with Crippen LogP contribution in [0.4, 0.5) is 0 Å². The molecule has 0 saturated carbocycles. The standard InChI is InChI=1S/C8H10N4OS/c1-2-5(9)8-11-7(12-13-8)6-3-10-4-14-6/h3-5H,2,9H2,1H3/t5-/m0/s1. The van der Waals surface area contributed by atoms with Gasteiger partial charge in [0.2, 0.25) is 11.7 Å². The average molecular weight is 210 g/mol. The van der Waals surface area contributed by atoms with Crippen LogP contribution in [0.25, 0.3) is 10.7 Å². The first-order valence-corrected chi connectivity index (χ1v) is 5.17. The molecule has 14 heavy (non-hydrogen) atoms. The highest BCUT2D eigenvalue weighted by Gasteiger charge is 2.14. The summed E-state index contributed by atoms with van der Waals surface area (Å²) in [4.78, 5) is 9.02. The lowest BCUT2D eigenvalue weighted by Crippen LogP contribution is -2.08. The van der Waals surface area contributed by atoms with E-state index in [9.17, 15) is 0 Å². The van der Waals surface area contributed by atoms with E-state index in [1.54, 1.807) is 11.7 Å². The van der Waals surface area contributed by atoms with Gasteiger partial charge in [0.15, 0.2) is 0 Å². The van der Waals surface area contributed by atoms with Gasteiger partial charge in [0.05, 0.1) is 16.4 Å². The second-order valence-corrected chi connectivity index (χ2v) is 3.72. The second-order valence-electron chi connectivity index (χ2n) is 2.84. The predicted molar refractivity (Wildman–Crippen MR) is 52.6 cm³/mol. The van der Waals surface area contributed by atoms with Crippen LogP contribution in [0.3, 0.4) is 0 Å². The lowest BCUT2D eigenvalue weighted by molar-refractivity contribution is 0.352. The Kier molecular flexibility index (Phi) is 2.55. The zero-order chi connectivity index (χ0) is 9.97. The highest BCUT2D eigenvalue weighted by atomic mass is 32.1. The van der Waals surface area contributed by atoms with Crippen LogP contribution in [-0.2, 0) is 0 Å². The summed E-state index contributed by atoms with van der Waals surface area (Å²) in [6, 6.07) is -0.177. The minimum atomic E-state index is -0.177. The van der Waals surface area contributed by atoms with Gasteiger partial charge < -0.3 is 10.3 Å². The first-order chi connectivity index (χ1) is 6.81. The van der Waals surface area contributed by atoms with E-state index in [2.05, 4.69) is 15.1 Å². The van der Waals surface area contributed by atoms with Gasteiger partial charge in [-0.15, -0.1) is 11.3 Å². The normalized spacial score (nSPS) is 13.0. The Hall–Kier alpha value is -1.27. The van der Waals surface area contributed by atoms with E-state index in [-0.39, 0.29) is 6.04 Å². The molecule has 0 unspecified atom stereocenters. The molecule has 0 aliphatic carbocycles. The summed E-state index contributed by atoms with van der Waals surface area (Å²) in [5.74, 6) is 1.04. The third kappa shape index (κ3) is 1.66. The molecule has 1 atom stereocenters. The summed E-state index contributed by atoms with van der Waals surface area (Å²) in [5.41, 5.74) is 7.48. The van der Waals surface area contributed by atoms with Crippen molar-refractivity contribution in [3.05, 3.63) is 17.6 Å². The summed E-state index contributed by atoms with van der Waals surface area (Å²) in [5, 5.41) is 3.83. The highest BCUT2D eigenvalue weighted by Crippen LogP contribution is 2.21. The molecule has 0 amide bonds. The molecule has 0 saturated heterocycles. The van der Waals surface area contributed by atoms with Crippen LogP contribution in [0.15, 0.2) is 16.2 Å². The van der Waals surface area contributed by atoms with Crippen LogP contribution in [0, 0.1) is 0 Å². The molecule has 2 aromatic heterocycles. The SMILES string of the molecule is CC[C@H](N)c1nc(-c2cncs2)no1. The minimum Gasteiger partial charge on any atom is -0.337 e. The Morgan fingerprint density at radius 1 is 1.64 bits per heavy atom. The Labute approximate surface area is 85.0 Å². The Balaban J connectivity index is 2.26. The van der Waals surface area contributed by atoms with Crippen molar-refractivity contribution in [2.45, 2.75) is 19.4 Å². The third-order valence-electron chi connectivity index (χ3n) is 1.85. The van der Waals surface area contributed by atoms with Gasteiger partial charge in [0, 0.05) is 6.20 Å². The molecule has 2 aromatic rings. The number of nitrogens with zero attached hydrogens (tertiary/aromatic N) is 3. The molecule has 74 valence electrons. The molecule has 5 nitrogen and oxygen atoms in total. The maximum atomic E-state index is 5.75. The van der Waals surface area contributed by atoms with Crippen molar-refractivity contribution in [2.75, 3.05) is 0 Å². The van der Waals surface area contributed by atoms with Gasteiger partial charge in [-0.2, -0.15) is 4.98 Å². The van der Waals surface area contributed by atoms with E-state index in [4.69, 9.17) is 10.3 Å². The Morgan fingerprint density at radius 2 is 2.50 bits per heavy atom. The highest BCUT2D eigenvalue weighted by molar-refractivity contribution is 7.13. The van der Waals surface area contributed by atoms with Crippen LogP contribution in [0.1, 0.15) is 25.3 Å². The van der Waals surface area contributed by atoms with Crippen molar-refractivity contribution < 1.29 is 4.52 Å². The number of rotatable bonds is 3. The Morgan fingerprint density at radius 3 is 3.14 bits per heavy atom. The molecular formula is C8H10N4OS. The molecule has 2 heterocycles. The van der Waals surface area contributed by atoms with Crippen LogP contribution < -0.4 is 5.73 Å². The number of nitrogens with two attached hydrogens (primary N) is 1. The number of hydrogen-bond acceptors (Lipinski definition) is 6. The van der Waals surface area contributed by atoms with E-state index >= 15 is 0 Å². The molecule has 0 aliphatic rings. The maximum absolute atomic E-state index is 5.75. The van der Waals surface area contributed by atoms with Crippen molar-refractivity contribution in [2.24, 2.45) is 5.73 Å². The molecule has 6 heteroatoms. The monoisotopic (exact) mass is 210 g/mol. The van der Waals surface area contributed by atoms with E-state index in [1.165, 1.54) is 11.3 Å². The lowest BCUT2D eigenvalue weighted by atomic mass is 10.2. The van der Waals surface area contributed by atoms with Crippen molar-refractivity contribution in [3.8, 4) is 10.7 Å². The molecule has 0 bridgehead atoms. The van der Waals surface area contributed by atoms with Gasteiger partial charge in [0.25, 0.3) is 0 Å². The average Bonchev–Trinajstić information content (AvgIpc) is 2.86. The fraction of sp³-hybridized carbons (Fsp3) is 0.375. The van der Waals surface area contributed by atoms with E-state index in [1.807, 2.05) is 6.92 Å². The van der Waals surface area contributed by atoms with Crippen LogP contribution >= 0.6 is 11.3 Å². The summed E-state index contributed by atoms with van der Waals surface area (Å²) < 4.78 is 5.03. The van der Waals surface area contributed by atoms with Gasteiger partial charge in [-0.25, -0.2) is 0 Å². The van der Waals surface area contributed by atoms with Gasteiger partial charge >= 0.3 is 0 Å². The molecule has 2 rings (SSSR count). The summed E-state index contributed by atoms with van der Waals surface area (Å²) in [6.45, 7) is 1.97. The number of thiazole rings is 1. The van der Waals surface area contributed by atoms with Crippen LogP contribution in [0.5, 0.6) is 0 Å². The van der Waals surface area contributed by atoms with Gasteiger partial charge in [-0.3, -0.25) is 4.98 Å². The maximum Gasteiger partial charge on any atom is 0.243 e. The molecular weight excluding hydrogens is 200 g/mol. The Bertz CT molecular complexity index is 397. The summed E-state index contributed by atoms with van der Waals surface area (Å²) in [6.07, 6.45) is 2.49. The zero-order valence-electron chi connectivity index (χ0n) is 7.67. The van der Waals surface area contributed by atoms with E-state index in [0.717, 1.165) is 11.3 Å². The summed E-state index contributed by atoms with van der Waals surface area (Å²) >= 11 is 1.47. The van der Waals surface area contributed by atoms with Crippen molar-refractivity contribution in [1.82, 2.24) is 15.1 Å². The minimum absolute atomic E-state index is 0.177. The summed E-state index contributed by atoms with van der Waals surface area (Å²) in [7, 11) is 0. The molecule has 0 spiro atoms. The smallest absolute Gasteiger partial charge is 0.243 e. The zero-order valence-corrected chi connectivity index (χ0v) is 8.49. The number of hydrogen-bond donors (Lipinski definition) is 1. The fourth-order valence-corrected chi connectivity index (χ4v) is 1.53. The molecule has 0 fully saturated rings. The van der Waals surface area contributed by atoms with Gasteiger partial charge in [-0.05, 0) is 6.42 Å². The van der Waals surface area contributed by atoms with Gasteiger partial charge in [-0.1, -0.05) is 12.1 Å². The third-order valence-corrected chi connectivity index (χ3v) is 2.62. The number of aromatic nitrogens is 3. The van der Waals surface area contributed by atoms with Crippen molar-refractivity contribution in [1.29, 1.82) is 0 Å². The van der Waals surface area contributed by atoms with Gasteiger partial charge in [0.1, 0.15) is 0 Å². The second kappa shape index (κ2) is 3.85. The largest absolute Gasteiger partial charge is 0.337 e. The fourth-order valence-electron chi connectivity index (χ4n) is 0.987. The topological polar surface area (TPSA) is 77.8 Å². The predicted octanol–water partition coefficient (Wildman–Crippen LogP) is 1.60. The van der Waals surface area contributed by atoms with E-state index in [0.29, 0.717) is 11.7 Å². The lowest BCUT2D eigenvalue weighted by Gasteiger charge is -1.98. The molecule has 0 aliphatic heterocycles. The van der Waals surface area contributed by atoms with E-state index < -0.39 is 0 Å². The first kappa shape index (κ1) is 9.29. The van der Waals surface area contributed by atoms with Crippen molar-refractivity contribution in [3.63, 3.8) is 0 Å². The van der Waals surface area contributed by atoms with Crippen molar-refractivity contribution >= 4 is 11.3 Å². The van der Waals surface area contributed by atoms with Crippen LogP contribution in [0.2, 0.25) is 0 Å². The first-order valence-electron chi connectivity index (χ1n) is 4.29. The molecule has 0 radical (unpaired) electrons. The quantitative estimate of drug-likeness (QED) is 0.832.